The summed E-state index contributed by atoms with van der Waals surface area (Å²) in [6, 6.07) is 11.5. The van der Waals surface area contributed by atoms with Gasteiger partial charge in [0, 0.05) is 38.6 Å². The summed E-state index contributed by atoms with van der Waals surface area (Å²) in [6.07, 6.45) is 3.85. The van der Waals surface area contributed by atoms with E-state index in [0.717, 1.165) is 16.9 Å². The zero-order valence-electron chi connectivity index (χ0n) is 18.3. The SMILES string of the molecule is COc1ccc(CN2C[C@@H](OCc3ccncc3)CN(C(=O)[C@@H]3CCOC3)CC2=O)cc1. The van der Waals surface area contributed by atoms with E-state index in [1.54, 1.807) is 29.3 Å². The second kappa shape index (κ2) is 10.6. The molecule has 3 heterocycles. The number of ether oxygens (including phenoxy) is 3. The number of amides is 2. The molecule has 2 aromatic rings. The topological polar surface area (TPSA) is 81.2 Å². The number of nitrogens with zero attached hydrogens (tertiary/aromatic N) is 3. The highest BCUT2D eigenvalue weighted by Gasteiger charge is 2.35. The molecule has 2 saturated heterocycles. The van der Waals surface area contributed by atoms with Gasteiger partial charge in [0.25, 0.3) is 0 Å². The molecule has 0 N–H and O–H groups in total. The van der Waals surface area contributed by atoms with Crippen molar-refractivity contribution in [1.82, 2.24) is 14.8 Å². The van der Waals surface area contributed by atoms with E-state index in [4.69, 9.17) is 14.2 Å². The molecule has 4 rings (SSSR count). The average Bonchev–Trinajstić information content (AvgIpc) is 3.32. The minimum absolute atomic E-state index is 0.0281. The minimum Gasteiger partial charge on any atom is -0.497 e. The Balaban J connectivity index is 1.48. The van der Waals surface area contributed by atoms with E-state index < -0.39 is 0 Å². The summed E-state index contributed by atoms with van der Waals surface area (Å²) >= 11 is 0. The van der Waals surface area contributed by atoms with Gasteiger partial charge in [-0.2, -0.15) is 0 Å². The van der Waals surface area contributed by atoms with Crippen LogP contribution in [0.4, 0.5) is 0 Å². The summed E-state index contributed by atoms with van der Waals surface area (Å²) in [6.45, 7) is 2.71. The van der Waals surface area contributed by atoms with Gasteiger partial charge in [-0.25, -0.2) is 0 Å². The number of hydrogen-bond donors (Lipinski definition) is 0. The number of carbonyl (C=O) groups is 2. The van der Waals surface area contributed by atoms with Crippen LogP contribution in [0.5, 0.6) is 5.75 Å². The van der Waals surface area contributed by atoms with Gasteiger partial charge >= 0.3 is 0 Å². The molecular formula is C24H29N3O5. The van der Waals surface area contributed by atoms with Crippen molar-refractivity contribution in [1.29, 1.82) is 0 Å². The molecule has 0 unspecified atom stereocenters. The quantitative estimate of drug-likeness (QED) is 0.655. The number of benzene rings is 1. The molecule has 2 aliphatic heterocycles. The average molecular weight is 440 g/mol. The lowest BCUT2D eigenvalue weighted by atomic mass is 10.1. The molecule has 2 amide bonds. The summed E-state index contributed by atoms with van der Waals surface area (Å²) in [4.78, 5) is 33.6. The van der Waals surface area contributed by atoms with Crippen molar-refractivity contribution >= 4 is 11.8 Å². The molecule has 8 heteroatoms. The maximum atomic E-state index is 13.1. The number of hydrogen-bond acceptors (Lipinski definition) is 6. The second-order valence-corrected chi connectivity index (χ2v) is 8.19. The van der Waals surface area contributed by atoms with Gasteiger partial charge in [0.15, 0.2) is 0 Å². The molecule has 0 saturated carbocycles. The Bertz CT molecular complexity index is 900. The number of rotatable bonds is 7. The molecule has 0 radical (unpaired) electrons. The fourth-order valence-electron chi connectivity index (χ4n) is 4.04. The van der Waals surface area contributed by atoms with E-state index in [-0.39, 0.29) is 30.4 Å². The van der Waals surface area contributed by atoms with Crippen LogP contribution in [0.3, 0.4) is 0 Å². The number of methoxy groups -OCH3 is 1. The minimum atomic E-state index is -0.292. The van der Waals surface area contributed by atoms with Gasteiger partial charge in [-0.05, 0) is 41.8 Å². The Morgan fingerprint density at radius 2 is 1.91 bits per heavy atom. The third-order valence-electron chi connectivity index (χ3n) is 5.89. The Morgan fingerprint density at radius 3 is 2.59 bits per heavy atom. The summed E-state index contributed by atoms with van der Waals surface area (Å²) in [7, 11) is 1.62. The van der Waals surface area contributed by atoms with Gasteiger partial charge in [-0.15, -0.1) is 0 Å². The lowest BCUT2D eigenvalue weighted by molar-refractivity contribution is -0.141. The van der Waals surface area contributed by atoms with Crippen molar-refractivity contribution in [3.63, 3.8) is 0 Å². The number of carbonyl (C=O) groups excluding carboxylic acids is 2. The molecule has 1 aromatic carbocycles. The maximum Gasteiger partial charge on any atom is 0.242 e. The predicted octanol–water partition coefficient (Wildman–Crippen LogP) is 1.88. The van der Waals surface area contributed by atoms with Gasteiger partial charge in [0.1, 0.15) is 5.75 Å². The second-order valence-electron chi connectivity index (χ2n) is 8.19. The fraction of sp³-hybridized carbons (Fsp3) is 0.458. The van der Waals surface area contributed by atoms with E-state index >= 15 is 0 Å². The van der Waals surface area contributed by atoms with Crippen LogP contribution < -0.4 is 4.74 Å². The molecule has 2 aliphatic rings. The molecule has 0 bridgehead atoms. The van der Waals surface area contributed by atoms with Crippen LogP contribution in [0.1, 0.15) is 17.5 Å². The van der Waals surface area contributed by atoms with Gasteiger partial charge in [-0.3, -0.25) is 14.6 Å². The summed E-state index contributed by atoms with van der Waals surface area (Å²) in [5.41, 5.74) is 2.00. The van der Waals surface area contributed by atoms with Crippen molar-refractivity contribution in [3.8, 4) is 5.75 Å². The summed E-state index contributed by atoms with van der Waals surface area (Å²) in [5.74, 6) is 0.476. The molecular weight excluding hydrogens is 410 g/mol. The van der Waals surface area contributed by atoms with Crippen molar-refractivity contribution in [3.05, 3.63) is 59.9 Å². The Hall–Kier alpha value is -2.97. The molecule has 0 spiro atoms. The third-order valence-corrected chi connectivity index (χ3v) is 5.89. The van der Waals surface area contributed by atoms with Gasteiger partial charge in [0.2, 0.25) is 11.8 Å². The lowest BCUT2D eigenvalue weighted by Crippen LogP contribution is -2.43. The highest BCUT2D eigenvalue weighted by atomic mass is 16.5. The maximum absolute atomic E-state index is 13.1. The lowest BCUT2D eigenvalue weighted by Gasteiger charge is -2.26. The van der Waals surface area contributed by atoms with Crippen LogP contribution in [0, 0.1) is 5.92 Å². The van der Waals surface area contributed by atoms with Crippen LogP contribution >= 0.6 is 0 Å². The first-order valence-electron chi connectivity index (χ1n) is 10.9. The highest BCUT2D eigenvalue weighted by molar-refractivity contribution is 5.86. The molecule has 2 fully saturated rings. The molecule has 170 valence electrons. The molecule has 8 nitrogen and oxygen atoms in total. The summed E-state index contributed by atoms with van der Waals surface area (Å²) in [5, 5.41) is 0. The zero-order valence-corrected chi connectivity index (χ0v) is 18.3. The van der Waals surface area contributed by atoms with Crippen molar-refractivity contribution in [2.24, 2.45) is 5.92 Å². The van der Waals surface area contributed by atoms with E-state index in [1.807, 2.05) is 36.4 Å². The van der Waals surface area contributed by atoms with Crippen molar-refractivity contribution in [2.45, 2.75) is 25.7 Å². The monoisotopic (exact) mass is 439 g/mol. The van der Waals surface area contributed by atoms with Crippen LogP contribution in [0.25, 0.3) is 0 Å². The first-order chi connectivity index (χ1) is 15.6. The van der Waals surface area contributed by atoms with E-state index in [9.17, 15) is 9.59 Å². The largest absolute Gasteiger partial charge is 0.497 e. The Labute approximate surface area is 188 Å². The van der Waals surface area contributed by atoms with Crippen molar-refractivity contribution in [2.75, 3.05) is 40.0 Å². The number of pyridine rings is 1. The fourth-order valence-corrected chi connectivity index (χ4v) is 4.04. The van der Waals surface area contributed by atoms with Crippen molar-refractivity contribution < 1.29 is 23.8 Å². The van der Waals surface area contributed by atoms with E-state index in [2.05, 4.69) is 4.98 Å². The third kappa shape index (κ3) is 5.63. The highest BCUT2D eigenvalue weighted by Crippen LogP contribution is 2.20. The van der Waals surface area contributed by atoms with Gasteiger partial charge < -0.3 is 24.0 Å². The standard InChI is InChI=1S/C24H29N3O5/c1-30-21-4-2-18(3-5-21)12-26-13-22(32-16-19-6-9-25-10-7-19)14-27(15-23(26)28)24(29)20-8-11-31-17-20/h2-7,9-10,20,22H,8,11-17H2,1H3/t20-,22-/m1/s1. The van der Waals surface area contributed by atoms with E-state index in [0.29, 0.717) is 45.9 Å². The first-order valence-corrected chi connectivity index (χ1v) is 10.9. The summed E-state index contributed by atoms with van der Waals surface area (Å²) < 4.78 is 16.8. The molecule has 0 aliphatic carbocycles. The van der Waals surface area contributed by atoms with Crippen LogP contribution in [-0.2, 0) is 32.2 Å². The molecule has 2 atom stereocenters. The molecule has 1 aromatic heterocycles. The van der Waals surface area contributed by atoms with Gasteiger partial charge in [0.05, 0.1) is 38.9 Å². The normalized spacial score (nSPS) is 21.5. The van der Waals surface area contributed by atoms with Gasteiger partial charge in [-0.1, -0.05) is 12.1 Å². The predicted molar refractivity (Wildman–Crippen MR) is 117 cm³/mol. The number of aromatic nitrogens is 1. The Kier molecular flexibility index (Phi) is 7.34. The van der Waals surface area contributed by atoms with Crippen LogP contribution in [-0.4, -0.2) is 72.7 Å². The zero-order chi connectivity index (χ0) is 22.3. The molecule has 32 heavy (non-hydrogen) atoms. The van der Waals surface area contributed by atoms with E-state index in [1.165, 1.54) is 0 Å². The van der Waals surface area contributed by atoms with Crippen LogP contribution in [0.2, 0.25) is 0 Å². The Morgan fingerprint density at radius 1 is 1.12 bits per heavy atom. The smallest absolute Gasteiger partial charge is 0.242 e. The van der Waals surface area contributed by atoms with Crippen LogP contribution in [0.15, 0.2) is 48.8 Å². The first kappa shape index (κ1) is 22.2.